The monoisotopic (exact) mass is 386 g/mol. The van der Waals surface area contributed by atoms with Gasteiger partial charge >= 0.3 is 0 Å². The summed E-state index contributed by atoms with van der Waals surface area (Å²) in [7, 11) is 0. The Hall–Kier alpha value is -2.29. The van der Waals surface area contributed by atoms with E-state index in [-0.39, 0.29) is 5.91 Å². The quantitative estimate of drug-likeness (QED) is 0.715. The molecule has 2 aromatic rings. The first-order valence-electron chi connectivity index (χ1n) is 11.5. The Morgan fingerprint density at radius 1 is 0.931 bits per heavy atom. The number of rotatable bonds is 3. The van der Waals surface area contributed by atoms with Crippen LogP contribution < -0.4 is 10.6 Å². The van der Waals surface area contributed by atoms with Crippen LogP contribution in [0.5, 0.6) is 0 Å². The van der Waals surface area contributed by atoms with Gasteiger partial charge in [-0.2, -0.15) is 0 Å². The first-order chi connectivity index (χ1) is 14.3. The molecule has 1 aliphatic heterocycles. The van der Waals surface area contributed by atoms with Crippen LogP contribution in [0.15, 0.2) is 48.5 Å². The Kier molecular flexibility index (Phi) is 4.18. The van der Waals surface area contributed by atoms with E-state index in [9.17, 15) is 4.79 Å². The highest BCUT2D eigenvalue weighted by molar-refractivity contribution is 5.95. The highest BCUT2D eigenvalue weighted by atomic mass is 16.1. The molecule has 1 heterocycles. The first kappa shape index (κ1) is 17.6. The molecule has 29 heavy (non-hydrogen) atoms. The van der Waals surface area contributed by atoms with E-state index < -0.39 is 0 Å². The predicted molar refractivity (Wildman–Crippen MR) is 116 cm³/mol. The van der Waals surface area contributed by atoms with Gasteiger partial charge in [0.15, 0.2) is 0 Å². The molecule has 3 nitrogen and oxygen atoms in total. The zero-order valence-corrected chi connectivity index (χ0v) is 16.9. The Morgan fingerprint density at radius 3 is 2.55 bits per heavy atom. The van der Waals surface area contributed by atoms with E-state index >= 15 is 0 Å². The van der Waals surface area contributed by atoms with Gasteiger partial charge < -0.3 is 10.6 Å². The fourth-order valence-electron chi connectivity index (χ4n) is 6.96. The van der Waals surface area contributed by atoms with Crippen LogP contribution >= 0.6 is 0 Å². The summed E-state index contributed by atoms with van der Waals surface area (Å²) in [6, 6.07) is 18.1. The maximum atomic E-state index is 12.9. The molecule has 150 valence electrons. The smallest absolute Gasteiger partial charge is 0.251 e. The lowest BCUT2D eigenvalue weighted by molar-refractivity contribution is 0.0937. The number of nitrogens with one attached hydrogen (secondary N) is 2. The summed E-state index contributed by atoms with van der Waals surface area (Å²) in [4.78, 5) is 12.9. The zero-order chi connectivity index (χ0) is 19.4. The van der Waals surface area contributed by atoms with Crippen LogP contribution in [-0.2, 0) is 0 Å². The molecule has 3 aliphatic carbocycles. The lowest BCUT2D eigenvalue weighted by Crippen LogP contribution is -2.36. The molecule has 5 atom stereocenters. The van der Waals surface area contributed by atoms with Crippen molar-refractivity contribution in [2.75, 3.05) is 5.32 Å². The topological polar surface area (TPSA) is 41.1 Å². The van der Waals surface area contributed by atoms with Crippen molar-refractivity contribution in [2.24, 2.45) is 17.8 Å². The number of hydrogen-bond donors (Lipinski definition) is 2. The van der Waals surface area contributed by atoms with Crippen molar-refractivity contribution >= 4 is 11.6 Å². The third-order valence-electron chi connectivity index (χ3n) is 8.20. The van der Waals surface area contributed by atoms with Crippen molar-refractivity contribution in [2.45, 2.75) is 62.9 Å². The van der Waals surface area contributed by atoms with Crippen molar-refractivity contribution < 1.29 is 4.79 Å². The third-order valence-corrected chi connectivity index (χ3v) is 8.20. The minimum Gasteiger partial charge on any atom is -0.378 e. The highest BCUT2D eigenvalue weighted by Crippen LogP contribution is 2.63. The zero-order valence-electron chi connectivity index (χ0n) is 16.9. The lowest BCUT2D eigenvalue weighted by atomic mass is 9.68. The molecule has 2 N–H and O–H groups in total. The number of hydrogen-bond acceptors (Lipinski definition) is 2. The highest BCUT2D eigenvalue weighted by Gasteiger charge is 2.53. The van der Waals surface area contributed by atoms with Gasteiger partial charge in [0.2, 0.25) is 0 Å². The van der Waals surface area contributed by atoms with Crippen LogP contribution in [-0.4, -0.2) is 11.9 Å². The Morgan fingerprint density at radius 2 is 1.72 bits per heavy atom. The molecular weight excluding hydrogens is 356 g/mol. The predicted octanol–water partition coefficient (Wildman–Crippen LogP) is 5.66. The van der Waals surface area contributed by atoms with Gasteiger partial charge in [-0.1, -0.05) is 43.2 Å². The van der Waals surface area contributed by atoms with Crippen molar-refractivity contribution in [1.82, 2.24) is 5.32 Å². The van der Waals surface area contributed by atoms with E-state index in [4.69, 9.17) is 0 Å². The molecule has 0 unspecified atom stereocenters. The van der Waals surface area contributed by atoms with E-state index in [0.29, 0.717) is 23.9 Å². The summed E-state index contributed by atoms with van der Waals surface area (Å²) in [5.41, 5.74) is 4.89. The SMILES string of the molecule is O=C(NC1CCCC1)c1ccc2c(c1)[C@H]1[C@H]3CC[C@@H](C3)[C@H]1[C@@H](c1ccccc1)N2. The molecule has 0 saturated heterocycles. The van der Waals surface area contributed by atoms with Gasteiger partial charge in [-0.25, -0.2) is 0 Å². The van der Waals surface area contributed by atoms with Crippen molar-refractivity contribution in [3.63, 3.8) is 0 Å². The summed E-state index contributed by atoms with van der Waals surface area (Å²) >= 11 is 0. The molecule has 0 aromatic heterocycles. The van der Waals surface area contributed by atoms with Gasteiger partial charge in [0, 0.05) is 17.3 Å². The lowest BCUT2D eigenvalue weighted by Gasteiger charge is -2.43. The number of carbonyl (C=O) groups is 1. The van der Waals surface area contributed by atoms with E-state index in [0.717, 1.165) is 30.2 Å². The number of amides is 1. The fourth-order valence-corrected chi connectivity index (χ4v) is 6.96. The van der Waals surface area contributed by atoms with Gasteiger partial charge in [-0.05, 0) is 85.1 Å². The van der Waals surface area contributed by atoms with Crippen LogP contribution in [0.1, 0.15) is 78.4 Å². The molecule has 0 radical (unpaired) electrons. The van der Waals surface area contributed by atoms with Crippen LogP contribution in [0.25, 0.3) is 0 Å². The first-order valence-corrected chi connectivity index (χ1v) is 11.5. The number of carbonyl (C=O) groups excluding carboxylic acids is 1. The van der Waals surface area contributed by atoms with Gasteiger partial charge in [-0.3, -0.25) is 4.79 Å². The second-order valence-corrected chi connectivity index (χ2v) is 9.73. The number of anilines is 1. The molecule has 3 fully saturated rings. The molecule has 0 spiro atoms. The summed E-state index contributed by atoms with van der Waals surface area (Å²) < 4.78 is 0. The molecular formula is C26H30N2O. The minimum absolute atomic E-state index is 0.115. The normalized spacial score (nSPS) is 32.5. The van der Waals surface area contributed by atoms with Gasteiger partial charge in [0.1, 0.15) is 0 Å². The second kappa shape index (κ2) is 6.90. The van der Waals surface area contributed by atoms with E-state index in [1.165, 1.54) is 48.9 Å². The molecule has 4 aliphatic rings. The Labute approximate surface area is 173 Å². The van der Waals surface area contributed by atoms with Crippen LogP contribution in [0.3, 0.4) is 0 Å². The van der Waals surface area contributed by atoms with Gasteiger partial charge in [0.05, 0.1) is 6.04 Å². The van der Waals surface area contributed by atoms with Crippen LogP contribution in [0.4, 0.5) is 5.69 Å². The Bertz CT molecular complexity index is 918. The van der Waals surface area contributed by atoms with E-state index in [1.54, 1.807) is 0 Å². The number of fused-ring (bicyclic) bond motifs is 7. The van der Waals surface area contributed by atoms with Crippen molar-refractivity contribution in [3.8, 4) is 0 Å². The summed E-state index contributed by atoms with van der Waals surface area (Å²) in [5, 5.41) is 7.15. The second-order valence-electron chi connectivity index (χ2n) is 9.73. The summed E-state index contributed by atoms with van der Waals surface area (Å²) in [5.74, 6) is 2.95. The molecule has 2 aromatic carbocycles. The average Bonchev–Trinajstić information content (AvgIpc) is 3.51. The van der Waals surface area contributed by atoms with Crippen LogP contribution in [0.2, 0.25) is 0 Å². The van der Waals surface area contributed by atoms with Gasteiger partial charge in [0.25, 0.3) is 5.91 Å². The van der Waals surface area contributed by atoms with Crippen LogP contribution in [0, 0.1) is 17.8 Å². The molecule has 6 rings (SSSR count). The molecule has 1 amide bonds. The number of benzene rings is 2. The minimum atomic E-state index is 0.115. The van der Waals surface area contributed by atoms with Crippen molar-refractivity contribution in [3.05, 3.63) is 65.2 Å². The van der Waals surface area contributed by atoms with E-state index in [2.05, 4.69) is 53.1 Å². The molecule has 3 heteroatoms. The summed E-state index contributed by atoms with van der Waals surface area (Å²) in [6.07, 6.45) is 8.83. The van der Waals surface area contributed by atoms with Crippen molar-refractivity contribution in [1.29, 1.82) is 0 Å². The fraction of sp³-hybridized carbons (Fsp3) is 0.500. The standard InChI is InChI=1S/C26H30N2O/c29-26(27-20-8-4-5-9-20)19-12-13-22-21(15-19)23-17-10-11-18(14-17)24(23)25(28-22)16-6-2-1-3-7-16/h1-3,6-7,12-13,15,17-18,20,23-25,28H,4-5,8-11,14H2,(H,27,29)/t17-,18-,23+,24+,25+/m0/s1. The maximum Gasteiger partial charge on any atom is 0.251 e. The van der Waals surface area contributed by atoms with Gasteiger partial charge in [-0.15, -0.1) is 0 Å². The Balaban J connectivity index is 1.35. The van der Waals surface area contributed by atoms with E-state index in [1.807, 2.05) is 6.07 Å². The third kappa shape index (κ3) is 2.89. The summed E-state index contributed by atoms with van der Waals surface area (Å²) in [6.45, 7) is 0. The average molecular weight is 387 g/mol. The molecule has 3 saturated carbocycles. The largest absolute Gasteiger partial charge is 0.378 e. The molecule has 2 bridgehead atoms. The maximum absolute atomic E-state index is 12.9.